The van der Waals surface area contributed by atoms with Gasteiger partial charge in [-0.1, -0.05) is 23.0 Å². The Morgan fingerprint density at radius 1 is 1.32 bits per heavy atom. The molecular weight excluding hydrogens is 410 g/mol. The average molecular weight is 423 g/mol. The summed E-state index contributed by atoms with van der Waals surface area (Å²) in [4.78, 5) is 3.98. The van der Waals surface area contributed by atoms with Crippen LogP contribution in [0.25, 0.3) is 10.1 Å². The van der Waals surface area contributed by atoms with E-state index in [1.54, 1.807) is 6.20 Å². The Morgan fingerprint density at radius 3 is 2.58 bits per heavy atom. The van der Waals surface area contributed by atoms with E-state index >= 15 is 0 Å². The Morgan fingerprint density at radius 2 is 2.05 bits per heavy atom. The first-order valence-corrected chi connectivity index (χ1v) is 5.90. The number of imidazole rings is 1. The fraction of sp³-hybridized carbons (Fsp3) is 0.167. The molecule has 0 bridgehead atoms. The minimum atomic E-state index is 0. The summed E-state index contributed by atoms with van der Waals surface area (Å²) in [5.41, 5.74) is 6.31. The van der Waals surface area contributed by atoms with Crippen LogP contribution >= 0.6 is 11.5 Å². The van der Waals surface area contributed by atoms with E-state index in [9.17, 15) is 0 Å². The maximum absolute atomic E-state index is 5.54. The van der Waals surface area contributed by atoms with Crippen molar-refractivity contribution in [2.24, 2.45) is 7.05 Å². The summed E-state index contributed by atoms with van der Waals surface area (Å²) in [6, 6.07) is 5.70. The van der Waals surface area contributed by atoms with Crippen molar-refractivity contribution >= 4 is 27.3 Å². The van der Waals surface area contributed by atoms with Gasteiger partial charge in [0.2, 0.25) is 0 Å². The number of fused-ring (bicyclic) bond motifs is 1. The van der Waals surface area contributed by atoms with Crippen molar-refractivity contribution in [3.05, 3.63) is 42.6 Å². The predicted octanol–water partition coefficient (Wildman–Crippen LogP) is 2.40. The molecule has 0 atom stereocenters. The van der Waals surface area contributed by atoms with Crippen LogP contribution < -0.4 is 5.73 Å². The number of aromatic nitrogens is 3. The van der Waals surface area contributed by atoms with Gasteiger partial charge in [-0.2, -0.15) is 5.39 Å². The second-order valence-electron chi connectivity index (χ2n) is 3.64. The van der Waals surface area contributed by atoms with Crippen molar-refractivity contribution < 1.29 is 65.4 Å². The van der Waals surface area contributed by atoms with Crippen molar-refractivity contribution in [3.63, 3.8) is 0 Å². The van der Waals surface area contributed by atoms with Crippen LogP contribution in [-0.4, -0.2) is 13.9 Å². The predicted molar refractivity (Wildman–Crippen MR) is 70.8 cm³/mol. The third kappa shape index (κ3) is 5.68. The first-order valence-electron chi connectivity index (χ1n) is 5.13. The number of benzene rings is 1. The van der Waals surface area contributed by atoms with Crippen LogP contribution in [0.1, 0.15) is 5.82 Å². The van der Waals surface area contributed by atoms with Crippen molar-refractivity contribution in [1.29, 1.82) is 0 Å². The standard InChI is InChI=1S/C7H5N2S.C5H8N2.2Y/c8-6-1-2-7-5(3-6)4-9-10-7;1-5-6-3-4-7(5)2;;/h1-3H,8H2;3-4H,1-2H3;;/q-1;;;. The van der Waals surface area contributed by atoms with E-state index < -0.39 is 0 Å². The number of rotatable bonds is 0. The van der Waals surface area contributed by atoms with E-state index in [0.29, 0.717) is 0 Å². The maximum Gasteiger partial charge on any atom is 0.105 e. The molecule has 2 aromatic heterocycles. The second kappa shape index (κ2) is 9.30. The second-order valence-corrected chi connectivity index (χ2v) is 4.44. The number of aryl methyl sites for hydroxylation is 2. The number of nitrogens with zero attached hydrogens (tertiary/aromatic N) is 3. The molecule has 4 nitrogen and oxygen atoms in total. The van der Waals surface area contributed by atoms with Crippen molar-refractivity contribution in [2.75, 3.05) is 5.73 Å². The van der Waals surface area contributed by atoms with Crippen LogP contribution in [0, 0.1) is 13.1 Å². The minimum Gasteiger partial charge on any atom is -0.409 e. The molecule has 0 saturated heterocycles. The molecule has 0 aliphatic rings. The molecule has 7 heteroatoms. The summed E-state index contributed by atoms with van der Waals surface area (Å²) in [6.45, 7) is 1.97. The van der Waals surface area contributed by atoms with E-state index in [4.69, 9.17) is 5.73 Å². The molecule has 3 aromatic rings. The van der Waals surface area contributed by atoms with Gasteiger partial charge in [-0.25, -0.2) is 4.98 Å². The van der Waals surface area contributed by atoms with Gasteiger partial charge in [0.25, 0.3) is 0 Å². The molecule has 2 heterocycles. The Bertz CT molecular complexity index is 604. The van der Waals surface area contributed by atoms with Crippen molar-refractivity contribution in [3.8, 4) is 0 Å². The van der Waals surface area contributed by atoms with Gasteiger partial charge in [-0.05, 0) is 12.6 Å². The maximum atomic E-state index is 5.54. The first kappa shape index (κ1) is 19.3. The zero-order valence-electron chi connectivity index (χ0n) is 10.9. The van der Waals surface area contributed by atoms with Gasteiger partial charge in [0.15, 0.2) is 0 Å². The summed E-state index contributed by atoms with van der Waals surface area (Å²) in [5.74, 6) is 1.06. The summed E-state index contributed by atoms with van der Waals surface area (Å²) in [7, 11) is 1.97. The van der Waals surface area contributed by atoms with Crippen LogP contribution in [0.2, 0.25) is 0 Å². The fourth-order valence-corrected chi connectivity index (χ4v) is 1.85. The minimum absolute atomic E-state index is 0. The molecule has 94 valence electrons. The SMILES string of the molecule is Cc1nccn1C.Nc1ccc2sn[c-]c2c1.[Y].[Y]. The van der Waals surface area contributed by atoms with Crippen LogP contribution in [0.15, 0.2) is 30.6 Å². The van der Waals surface area contributed by atoms with Gasteiger partial charge in [0, 0.05) is 84.9 Å². The van der Waals surface area contributed by atoms with Crippen molar-refractivity contribution in [1.82, 2.24) is 13.9 Å². The van der Waals surface area contributed by atoms with E-state index in [-0.39, 0.29) is 65.4 Å². The molecule has 0 aliphatic heterocycles. The monoisotopic (exact) mass is 423 g/mol. The third-order valence-electron chi connectivity index (χ3n) is 2.38. The zero-order valence-corrected chi connectivity index (χ0v) is 17.4. The van der Waals surface area contributed by atoms with Gasteiger partial charge in [0.05, 0.1) is 0 Å². The van der Waals surface area contributed by atoms with E-state index in [1.165, 1.54) is 11.5 Å². The molecule has 0 aliphatic carbocycles. The number of nitrogen functional groups attached to an aromatic ring is 1. The van der Waals surface area contributed by atoms with Gasteiger partial charge in [0.1, 0.15) is 5.82 Å². The molecule has 2 N–H and O–H groups in total. The van der Waals surface area contributed by atoms with Gasteiger partial charge in [-0.3, -0.25) is 4.37 Å². The molecule has 0 saturated carbocycles. The number of hydrogen-bond donors (Lipinski definition) is 1. The molecule has 0 spiro atoms. The molecule has 0 amide bonds. The fourth-order valence-electron chi connectivity index (χ4n) is 1.28. The summed E-state index contributed by atoms with van der Waals surface area (Å²) >= 11 is 1.43. The quantitative estimate of drug-likeness (QED) is 0.447. The Hall–Kier alpha value is 0.328. The van der Waals surface area contributed by atoms with Gasteiger partial charge in [-0.15, -0.1) is 17.6 Å². The van der Waals surface area contributed by atoms with Gasteiger partial charge >= 0.3 is 0 Å². The van der Waals surface area contributed by atoms with Crippen LogP contribution in [0.5, 0.6) is 0 Å². The van der Waals surface area contributed by atoms with Gasteiger partial charge < -0.3 is 10.3 Å². The molecule has 2 radical (unpaired) electrons. The average Bonchev–Trinajstić information content (AvgIpc) is 2.89. The van der Waals surface area contributed by atoms with Crippen LogP contribution in [-0.2, 0) is 72.5 Å². The number of anilines is 1. The Balaban J connectivity index is 0.000000325. The summed E-state index contributed by atoms with van der Waals surface area (Å²) in [6.07, 6.45) is 6.56. The van der Waals surface area contributed by atoms with E-state index in [2.05, 4.69) is 15.6 Å². The van der Waals surface area contributed by atoms with Crippen LogP contribution in [0.4, 0.5) is 5.69 Å². The third-order valence-corrected chi connectivity index (χ3v) is 3.11. The Kier molecular flexibility index (Phi) is 9.46. The van der Waals surface area contributed by atoms with E-state index in [0.717, 1.165) is 21.6 Å². The number of hydrogen-bond acceptors (Lipinski definition) is 4. The topological polar surface area (TPSA) is 56.7 Å². The Labute approximate surface area is 167 Å². The molecule has 0 unspecified atom stereocenters. The molecule has 1 aromatic carbocycles. The van der Waals surface area contributed by atoms with Crippen molar-refractivity contribution in [2.45, 2.75) is 6.92 Å². The molecule has 19 heavy (non-hydrogen) atoms. The molecule has 3 rings (SSSR count). The van der Waals surface area contributed by atoms with E-state index in [1.807, 2.05) is 42.9 Å². The number of nitrogens with two attached hydrogens (primary N) is 1. The zero-order chi connectivity index (χ0) is 12.3. The van der Waals surface area contributed by atoms with Crippen LogP contribution in [0.3, 0.4) is 0 Å². The normalized spacial score (nSPS) is 8.95. The largest absolute Gasteiger partial charge is 0.409 e. The smallest absolute Gasteiger partial charge is 0.105 e. The summed E-state index contributed by atoms with van der Waals surface area (Å²) in [5, 5.41) is 1.00. The first-order chi connectivity index (χ1) is 8.16. The molecular formula is C12H13N4SY2-. The molecule has 0 fully saturated rings. The summed E-state index contributed by atoms with van der Waals surface area (Å²) < 4.78 is 7.01.